The third-order valence-corrected chi connectivity index (χ3v) is 1.76. The highest BCUT2D eigenvalue weighted by Gasteiger charge is 1.94. The molecule has 19 heavy (non-hydrogen) atoms. The molecular formula is C11H15IN2O4S. The fraction of sp³-hybridized carbons (Fsp3) is 0.0909. The molecule has 2 heterocycles. The van der Waals surface area contributed by atoms with Crippen molar-refractivity contribution in [3.05, 3.63) is 61.2 Å². The Morgan fingerprint density at radius 2 is 1.11 bits per heavy atom. The Kier molecular flexibility index (Phi) is 14.2. The highest BCUT2D eigenvalue weighted by Crippen LogP contribution is 1.75. The molecule has 1 N–H and O–H groups in total. The summed E-state index contributed by atoms with van der Waals surface area (Å²) in [5.74, 6) is 0. The van der Waals surface area contributed by atoms with Crippen LogP contribution in [0.4, 0.5) is 0 Å². The molecule has 106 valence electrons. The van der Waals surface area contributed by atoms with Crippen LogP contribution in [0.3, 0.4) is 0 Å². The molecule has 2 rings (SSSR count). The lowest BCUT2D eigenvalue weighted by atomic mass is 10.5. The van der Waals surface area contributed by atoms with Gasteiger partial charge < -0.3 is 0 Å². The number of rotatable bonds is 1. The molecule has 0 fully saturated rings. The van der Waals surface area contributed by atoms with Crippen molar-refractivity contribution in [2.45, 2.75) is 0 Å². The Bertz CT molecular complexity index is 398. The van der Waals surface area contributed by atoms with Gasteiger partial charge in [0, 0.05) is 24.8 Å². The zero-order valence-electron chi connectivity index (χ0n) is 10.2. The largest absolute Gasteiger partial charge is 0.397 e. The first kappa shape index (κ1) is 20.2. The van der Waals surface area contributed by atoms with Crippen LogP contribution in [0, 0.1) is 0 Å². The van der Waals surface area contributed by atoms with Crippen LogP contribution in [0.25, 0.3) is 0 Å². The van der Waals surface area contributed by atoms with Gasteiger partial charge >= 0.3 is 10.4 Å². The standard InChI is InChI=1S/2C5H5N.CH4O4S.HI/c2*1-2-4-6-5-3-1;1-5-6(2,3)4;/h2*1-5H;1H3,(H,2,3,4);1H. The molecule has 0 radical (unpaired) electrons. The van der Waals surface area contributed by atoms with E-state index in [-0.39, 0.29) is 24.0 Å². The van der Waals surface area contributed by atoms with E-state index in [1.165, 1.54) is 0 Å². The molecule has 2 aromatic rings. The Balaban J connectivity index is 0. The van der Waals surface area contributed by atoms with Crippen molar-refractivity contribution in [1.82, 2.24) is 9.97 Å². The fourth-order valence-electron chi connectivity index (χ4n) is 0.625. The van der Waals surface area contributed by atoms with Crippen LogP contribution in [0.15, 0.2) is 61.2 Å². The minimum Gasteiger partial charge on any atom is -0.265 e. The van der Waals surface area contributed by atoms with Gasteiger partial charge in [-0.1, -0.05) is 12.1 Å². The van der Waals surface area contributed by atoms with Crippen molar-refractivity contribution < 1.29 is 17.2 Å². The quantitative estimate of drug-likeness (QED) is 0.586. The predicted octanol–water partition coefficient (Wildman–Crippen LogP) is 2.22. The predicted molar refractivity (Wildman–Crippen MR) is 82.4 cm³/mol. The van der Waals surface area contributed by atoms with Crippen LogP contribution < -0.4 is 0 Å². The Labute approximate surface area is 129 Å². The molecule has 0 saturated carbocycles. The van der Waals surface area contributed by atoms with Crippen LogP contribution in [0.5, 0.6) is 0 Å². The summed E-state index contributed by atoms with van der Waals surface area (Å²) in [7, 11) is -3.29. The first-order valence-corrected chi connectivity index (χ1v) is 6.16. The van der Waals surface area contributed by atoms with Gasteiger partial charge in [0.15, 0.2) is 0 Å². The van der Waals surface area contributed by atoms with Crippen molar-refractivity contribution in [2.24, 2.45) is 0 Å². The molecule has 0 amide bonds. The molecule has 0 aliphatic rings. The molecule has 0 saturated heterocycles. The number of nitrogens with zero attached hydrogens (tertiary/aromatic N) is 2. The zero-order chi connectivity index (χ0) is 13.7. The molecule has 6 nitrogen and oxygen atoms in total. The third kappa shape index (κ3) is 19.4. The van der Waals surface area contributed by atoms with E-state index in [2.05, 4.69) is 14.2 Å². The summed E-state index contributed by atoms with van der Waals surface area (Å²) in [6.45, 7) is 0. The molecule has 0 bridgehead atoms. The van der Waals surface area contributed by atoms with Gasteiger partial charge in [0.05, 0.1) is 7.11 Å². The van der Waals surface area contributed by atoms with Crippen molar-refractivity contribution in [3.8, 4) is 0 Å². The fourth-order valence-corrected chi connectivity index (χ4v) is 0.625. The number of hydrogen-bond acceptors (Lipinski definition) is 5. The van der Waals surface area contributed by atoms with Crippen LogP contribution in [-0.4, -0.2) is 30.0 Å². The van der Waals surface area contributed by atoms with E-state index < -0.39 is 10.4 Å². The van der Waals surface area contributed by atoms with E-state index in [4.69, 9.17) is 4.55 Å². The van der Waals surface area contributed by atoms with Crippen molar-refractivity contribution in [3.63, 3.8) is 0 Å². The van der Waals surface area contributed by atoms with Crippen LogP contribution in [0.2, 0.25) is 0 Å². The molecule has 2 aromatic heterocycles. The number of halogens is 1. The minimum atomic E-state index is -4.16. The highest BCUT2D eigenvalue weighted by atomic mass is 127. The Morgan fingerprint density at radius 3 is 1.16 bits per heavy atom. The minimum absolute atomic E-state index is 0. The van der Waals surface area contributed by atoms with Crippen LogP contribution in [0.1, 0.15) is 0 Å². The second-order valence-electron chi connectivity index (χ2n) is 2.64. The lowest BCUT2D eigenvalue weighted by Gasteiger charge is -1.82. The monoisotopic (exact) mass is 398 g/mol. The maximum atomic E-state index is 9.33. The topological polar surface area (TPSA) is 89.4 Å². The molecule has 0 aliphatic carbocycles. The summed E-state index contributed by atoms with van der Waals surface area (Å²) >= 11 is 0. The SMILES string of the molecule is COS(=O)(=O)O.I.c1ccncc1.c1ccncc1. The van der Waals surface area contributed by atoms with Gasteiger partial charge in [-0.2, -0.15) is 8.42 Å². The van der Waals surface area contributed by atoms with Gasteiger partial charge in [-0.3, -0.25) is 18.7 Å². The smallest absolute Gasteiger partial charge is 0.265 e. The first-order valence-electron chi connectivity index (χ1n) is 4.79. The van der Waals surface area contributed by atoms with Gasteiger partial charge in [-0.05, 0) is 24.3 Å². The van der Waals surface area contributed by atoms with Crippen LogP contribution >= 0.6 is 24.0 Å². The summed E-state index contributed by atoms with van der Waals surface area (Å²) in [4.78, 5) is 7.57. The average molecular weight is 398 g/mol. The number of hydrogen-bond donors (Lipinski definition) is 1. The van der Waals surface area contributed by atoms with Gasteiger partial charge in [-0.25, -0.2) is 0 Å². The molecule has 0 aromatic carbocycles. The third-order valence-electron chi connectivity index (χ3n) is 1.34. The second-order valence-corrected chi connectivity index (χ2v) is 3.83. The molecular weight excluding hydrogens is 383 g/mol. The van der Waals surface area contributed by atoms with Gasteiger partial charge in [0.25, 0.3) is 0 Å². The first-order chi connectivity index (χ1) is 8.56. The van der Waals surface area contributed by atoms with Gasteiger partial charge in [-0.15, -0.1) is 24.0 Å². The summed E-state index contributed by atoms with van der Waals surface area (Å²) in [6, 6.07) is 11.4. The molecule has 8 heteroatoms. The summed E-state index contributed by atoms with van der Waals surface area (Å²) in [5.41, 5.74) is 0. The molecule has 0 spiro atoms. The number of pyridine rings is 2. The summed E-state index contributed by atoms with van der Waals surface area (Å²) in [6.07, 6.45) is 7.00. The lowest BCUT2D eigenvalue weighted by molar-refractivity contribution is 0.324. The van der Waals surface area contributed by atoms with E-state index >= 15 is 0 Å². The van der Waals surface area contributed by atoms with E-state index in [0.717, 1.165) is 7.11 Å². The average Bonchev–Trinajstić information content (AvgIpc) is 2.43. The Hall–Kier alpha value is -1.10. The number of aromatic nitrogens is 2. The lowest BCUT2D eigenvalue weighted by Crippen LogP contribution is -1.96. The highest BCUT2D eigenvalue weighted by molar-refractivity contribution is 14.0. The molecule has 0 aliphatic heterocycles. The second kappa shape index (κ2) is 13.3. The summed E-state index contributed by atoms with van der Waals surface area (Å²) < 4.78 is 29.7. The maximum absolute atomic E-state index is 9.33. The maximum Gasteiger partial charge on any atom is 0.397 e. The van der Waals surface area contributed by atoms with Gasteiger partial charge in [0.2, 0.25) is 0 Å². The summed E-state index contributed by atoms with van der Waals surface area (Å²) in [5, 5.41) is 0. The Morgan fingerprint density at radius 1 is 0.842 bits per heavy atom. The van der Waals surface area contributed by atoms with Crippen molar-refractivity contribution in [2.75, 3.05) is 7.11 Å². The zero-order valence-corrected chi connectivity index (χ0v) is 13.3. The van der Waals surface area contributed by atoms with Crippen LogP contribution in [-0.2, 0) is 14.6 Å². The molecule has 0 unspecified atom stereocenters. The van der Waals surface area contributed by atoms with E-state index in [1.807, 2.05) is 36.4 Å². The van der Waals surface area contributed by atoms with E-state index in [0.29, 0.717) is 0 Å². The van der Waals surface area contributed by atoms with Crippen molar-refractivity contribution in [1.29, 1.82) is 0 Å². The normalized spacial score (nSPS) is 8.74. The van der Waals surface area contributed by atoms with E-state index in [9.17, 15) is 8.42 Å². The van der Waals surface area contributed by atoms with Gasteiger partial charge in [0.1, 0.15) is 0 Å². The molecule has 0 atom stereocenters. The van der Waals surface area contributed by atoms with Crippen molar-refractivity contribution >= 4 is 34.4 Å². The van der Waals surface area contributed by atoms with E-state index in [1.54, 1.807) is 24.8 Å².